The van der Waals surface area contributed by atoms with Gasteiger partial charge in [-0.2, -0.15) is 5.26 Å². The number of piperidine rings is 1. The molecule has 0 radical (unpaired) electrons. The number of nitrogens with zero attached hydrogens (tertiary/aromatic N) is 2. The largest absolute Gasteiger partial charge is 0.288 e. The fraction of sp³-hybridized carbons (Fsp3) is 0.909. The molecule has 0 aromatic rings. The Balaban J connectivity index is 2.69. The van der Waals surface area contributed by atoms with Crippen molar-refractivity contribution in [1.82, 2.24) is 4.90 Å². The summed E-state index contributed by atoms with van der Waals surface area (Å²) in [6, 6.07) is 2.58. The van der Waals surface area contributed by atoms with E-state index in [2.05, 4.69) is 31.7 Å². The van der Waals surface area contributed by atoms with Crippen molar-refractivity contribution in [1.29, 1.82) is 5.26 Å². The summed E-state index contributed by atoms with van der Waals surface area (Å²) in [6.45, 7) is 8.78. The van der Waals surface area contributed by atoms with Gasteiger partial charge in [0.25, 0.3) is 0 Å². The zero-order valence-corrected chi connectivity index (χ0v) is 9.01. The highest BCUT2D eigenvalue weighted by atomic mass is 15.2. The van der Waals surface area contributed by atoms with Crippen LogP contribution in [-0.2, 0) is 0 Å². The molecule has 2 nitrogen and oxygen atoms in total. The Morgan fingerprint density at radius 2 is 2.23 bits per heavy atom. The van der Waals surface area contributed by atoms with Crippen molar-refractivity contribution in [2.45, 2.75) is 46.1 Å². The molecule has 1 aliphatic heterocycles. The topological polar surface area (TPSA) is 27.0 Å². The fourth-order valence-corrected chi connectivity index (χ4v) is 2.28. The monoisotopic (exact) mass is 180 g/mol. The average Bonchev–Trinajstić information content (AvgIpc) is 2.04. The molecule has 1 saturated heterocycles. The maximum Gasteiger partial charge on any atom is 0.103 e. The zero-order valence-electron chi connectivity index (χ0n) is 9.01. The summed E-state index contributed by atoms with van der Waals surface area (Å²) < 4.78 is 0. The molecule has 0 saturated carbocycles. The minimum atomic E-state index is 0.126. The third-order valence-corrected chi connectivity index (χ3v) is 3.00. The molecule has 1 aliphatic rings. The molecule has 1 heterocycles. The Kier molecular flexibility index (Phi) is 3.33. The third-order valence-electron chi connectivity index (χ3n) is 3.00. The van der Waals surface area contributed by atoms with Crippen molar-refractivity contribution in [2.75, 3.05) is 13.1 Å². The number of likely N-dealkylation sites (tertiary alicyclic amines) is 1. The summed E-state index contributed by atoms with van der Waals surface area (Å²) in [4.78, 5) is 2.34. The highest BCUT2D eigenvalue weighted by Crippen LogP contribution is 2.34. The molecule has 1 atom stereocenters. The third kappa shape index (κ3) is 2.22. The molecule has 0 aliphatic carbocycles. The number of nitriles is 1. The van der Waals surface area contributed by atoms with Gasteiger partial charge in [-0.1, -0.05) is 20.8 Å². The van der Waals surface area contributed by atoms with E-state index < -0.39 is 0 Å². The Morgan fingerprint density at radius 3 is 2.77 bits per heavy atom. The minimum Gasteiger partial charge on any atom is -0.288 e. The summed E-state index contributed by atoms with van der Waals surface area (Å²) in [5, 5.41) is 9.13. The van der Waals surface area contributed by atoms with Crippen LogP contribution in [0.1, 0.15) is 40.0 Å². The van der Waals surface area contributed by atoms with Crippen LogP contribution in [0.2, 0.25) is 0 Å². The fourth-order valence-electron chi connectivity index (χ4n) is 2.28. The quantitative estimate of drug-likeness (QED) is 0.652. The van der Waals surface area contributed by atoms with Crippen molar-refractivity contribution in [2.24, 2.45) is 5.41 Å². The molecule has 0 N–H and O–H groups in total. The number of rotatable bonds is 2. The van der Waals surface area contributed by atoms with Crippen LogP contribution in [0.4, 0.5) is 0 Å². The molecule has 74 valence electrons. The first-order valence-corrected chi connectivity index (χ1v) is 5.25. The van der Waals surface area contributed by atoms with Crippen LogP contribution >= 0.6 is 0 Å². The lowest BCUT2D eigenvalue weighted by molar-refractivity contribution is 0.0725. The van der Waals surface area contributed by atoms with Gasteiger partial charge in [-0.05, 0) is 37.8 Å². The van der Waals surface area contributed by atoms with E-state index >= 15 is 0 Å². The Morgan fingerprint density at radius 1 is 1.54 bits per heavy atom. The van der Waals surface area contributed by atoms with E-state index in [4.69, 9.17) is 5.26 Å². The molecule has 0 amide bonds. The van der Waals surface area contributed by atoms with Gasteiger partial charge in [0.2, 0.25) is 0 Å². The van der Waals surface area contributed by atoms with Crippen LogP contribution in [0.3, 0.4) is 0 Å². The van der Waals surface area contributed by atoms with E-state index in [1.807, 2.05) is 0 Å². The predicted octanol–water partition coefficient (Wildman–Crippen LogP) is 2.41. The molecule has 0 spiro atoms. The molecule has 2 heteroatoms. The maximum absolute atomic E-state index is 9.13. The Labute approximate surface area is 81.5 Å². The van der Waals surface area contributed by atoms with Crippen molar-refractivity contribution >= 4 is 0 Å². The van der Waals surface area contributed by atoms with E-state index in [9.17, 15) is 0 Å². The first-order valence-electron chi connectivity index (χ1n) is 5.25. The number of hydrogen-bond acceptors (Lipinski definition) is 2. The standard InChI is InChI=1S/C11H20N2/c1-4-7-13-8-5-6-11(2,3)10(13)9-12/h10H,4-8H2,1-3H3. The molecule has 0 bridgehead atoms. The summed E-state index contributed by atoms with van der Waals surface area (Å²) in [5.74, 6) is 0. The van der Waals surface area contributed by atoms with Gasteiger partial charge >= 0.3 is 0 Å². The summed E-state index contributed by atoms with van der Waals surface area (Å²) in [7, 11) is 0. The Hall–Kier alpha value is -0.550. The lowest BCUT2D eigenvalue weighted by Crippen LogP contribution is -2.49. The molecule has 1 rings (SSSR count). The van der Waals surface area contributed by atoms with Gasteiger partial charge in [0.1, 0.15) is 6.04 Å². The molecule has 1 fully saturated rings. The van der Waals surface area contributed by atoms with Gasteiger partial charge in [0.15, 0.2) is 0 Å². The van der Waals surface area contributed by atoms with Gasteiger partial charge in [-0.25, -0.2) is 0 Å². The minimum absolute atomic E-state index is 0.126. The Bertz CT molecular complexity index is 201. The van der Waals surface area contributed by atoms with Crippen molar-refractivity contribution in [3.8, 4) is 6.07 Å². The number of hydrogen-bond donors (Lipinski definition) is 0. The van der Waals surface area contributed by atoms with Crippen molar-refractivity contribution in [3.05, 3.63) is 0 Å². The lowest BCUT2D eigenvalue weighted by Gasteiger charge is -2.42. The van der Waals surface area contributed by atoms with Gasteiger partial charge in [-0.15, -0.1) is 0 Å². The zero-order chi connectivity index (χ0) is 9.90. The summed E-state index contributed by atoms with van der Waals surface area (Å²) in [5.41, 5.74) is 0.183. The van der Waals surface area contributed by atoms with Crippen LogP contribution in [0.25, 0.3) is 0 Å². The normalized spacial score (nSPS) is 28.3. The highest BCUT2D eigenvalue weighted by molar-refractivity contribution is 5.03. The van der Waals surface area contributed by atoms with E-state index in [-0.39, 0.29) is 11.5 Å². The molecular weight excluding hydrogens is 160 g/mol. The van der Waals surface area contributed by atoms with E-state index in [1.54, 1.807) is 0 Å². The van der Waals surface area contributed by atoms with Crippen molar-refractivity contribution in [3.63, 3.8) is 0 Å². The summed E-state index contributed by atoms with van der Waals surface area (Å²) >= 11 is 0. The second kappa shape index (κ2) is 4.11. The molecular formula is C11H20N2. The van der Waals surface area contributed by atoms with Gasteiger partial charge in [0, 0.05) is 0 Å². The van der Waals surface area contributed by atoms with Gasteiger partial charge in [0.05, 0.1) is 6.07 Å². The van der Waals surface area contributed by atoms with E-state index in [0.717, 1.165) is 19.5 Å². The second-order valence-corrected chi connectivity index (χ2v) is 4.66. The maximum atomic E-state index is 9.13. The highest BCUT2D eigenvalue weighted by Gasteiger charge is 2.36. The van der Waals surface area contributed by atoms with Crippen LogP contribution < -0.4 is 0 Å². The van der Waals surface area contributed by atoms with Gasteiger partial charge < -0.3 is 0 Å². The smallest absolute Gasteiger partial charge is 0.103 e. The van der Waals surface area contributed by atoms with E-state index in [1.165, 1.54) is 12.8 Å². The average molecular weight is 180 g/mol. The van der Waals surface area contributed by atoms with Crippen LogP contribution in [0.5, 0.6) is 0 Å². The first kappa shape index (κ1) is 10.5. The lowest BCUT2D eigenvalue weighted by atomic mass is 9.77. The first-order chi connectivity index (χ1) is 6.11. The SMILES string of the molecule is CCCN1CCCC(C)(C)C1C#N. The molecule has 0 aromatic carbocycles. The molecule has 0 aromatic heterocycles. The van der Waals surface area contributed by atoms with Gasteiger partial charge in [-0.3, -0.25) is 4.90 Å². The molecule has 1 unspecified atom stereocenters. The van der Waals surface area contributed by atoms with Crippen LogP contribution in [-0.4, -0.2) is 24.0 Å². The predicted molar refractivity (Wildman–Crippen MR) is 54.3 cm³/mol. The molecule has 13 heavy (non-hydrogen) atoms. The van der Waals surface area contributed by atoms with Crippen LogP contribution in [0.15, 0.2) is 0 Å². The second-order valence-electron chi connectivity index (χ2n) is 4.66. The van der Waals surface area contributed by atoms with Crippen LogP contribution in [0, 0.1) is 16.7 Å². The van der Waals surface area contributed by atoms with Crippen molar-refractivity contribution < 1.29 is 0 Å². The summed E-state index contributed by atoms with van der Waals surface area (Å²) in [6.07, 6.45) is 3.57. The van der Waals surface area contributed by atoms with E-state index in [0.29, 0.717) is 0 Å².